The Morgan fingerprint density at radius 2 is 2.11 bits per heavy atom. The number of aliphatic hydroxyl groups is 1. The largest absolute Gasteiger partial charge is 0.444 e. The van der Waals surface area contributed by atoms with E-state index in [1.165, 1.54) is 6.07 Å². The van der Waals surface area contributed by atoms with Gasteiger partial charge in [0.05, 0.1) is 12.6 Å². The molecule has 1 atom stereocenters. The third-order valence-corrected chi connectivity index (χ3v) is 2.42. The minimum Gasteiger partial charge on any atom is -0.444 e. The Kier molecular flexibility index (Phi) is 4.89. The molecule has 2 N–H and O–H groups in total. The molecule has 0 spiro atoms. The number of halogens is 1. The predicted molar refractivity (Wildman–Crippen MR) is 70.3 cm³/mol. The molecule has 1 amide bonds. The minimum atomic E-state index is -0.970. The number of alkyl carbamates (subject to hydrolysis) is 1. The molecular formula is C14H20FNO3. The molecule has 0 aromatic heterocycles. The first-order valence-corrected chi connectivity index (χ1v) is 6.10. The summed E-state index contributed by atoms with van der Waals surface area (Å²) in [4.78, 5) is 11.4. The highest BCUT2D eigenvalue weighted by atomic mass is 19.1. The number of benzene rings is 1. The summed E-state index contributed by atoms with van der Waals surface area (Å²) in [6, 6.07) is 4.47. The van der Waals surface area contributed by atoms with Crippen molar-refractivity contribution in [1.82, 2.24) is 5.32 Å². The molecule has 5 heteroatoms. The number of hydrogen-bond donors (Lipinski definition) is 2. The van der Waals surface area contributed by atoms with E-state index in [1.54, 1.807) is 39.8 Å². The van der Waals surface area contributed by atoms with E-state index < -0.39 is 17.8 Å². The van der Waals surface area contributed by atoms with Crippen LogP contribution >= 0.6 is 0 Å². The van der Waals surface area contributed by atoms with Gasteiger partial charge in [0, 0.05) is 0 Å². The summed E-state index contributed by atoms with van der Waals surface area (Å²) in [5.41, 5.74) is 0.334. The number of rotatable bonds is 3. The van der Waals surface area contributed by atoms with E-state index in [-0.39, 0.29) is 12.4 Å². The SMILES string of the molecule is Cc1ccc(C(O)CNC(=O)OC(C)(C)C)cc1F. The van der Waals surface area contributed by atoms with Crippen LogP contribution in [-0.4, -0.2) is 23.3 Å². The maximum absolute atomic E-state index is 13.3. The number of carbonyl (C=O) groups is 1. The number of ether oxygens (including phenoxy) is 1. The first kappa shape index (κ1) is 15.4. The van der Waals surface area contributed by atoms with Crippen molar-refractivity contribution in [2.24, 2.45) is 0 Å². The Hall–Kier alpha value is -1.62. The zero-order valence-corrected chi connectivity index (χ0v) is 11.7. The van der Waals surface area contributed by atoms with Gasteiger partial charge in [-0.05, 0) is 44.9 Å². The lowest BCUT2D eigenvalue weighted by atomic mass is 10.1. The number of aliphatic hydroxyl groups excluding tert-OH is 1. The van der Waals surface area contributed by atoms with Crippen LogP contribution in [0.2, 0.25) is 0 Å². The second-order valence-electron chi connectivity index (χ2n) is 5.41. The van der Waals surface area contributed by atoms with Gasteiger partial charge in [-0.1, -0.05) is 12.1 Å². The van der Waals surface area contributed by atoms with Gasteiger partial charge in [0.2, 0.25) is 0 Å². The van der Waals surface area contributed by atoms with Crippen LogP contribution in [0.4, 0.5) is 9.18 Å². The maximum Gasteiger partial charge on any atom is 0.407 e. The molecule has 0 saturated carbocycles. The van der Waals surface area contributed by atoms with Gasteiger partial charge in [0.25, 0.3) is 0 Å². The van der Waals surface area contributed by atoms with Crippen LogP contribution < -0.4 is 5.32 Å². The Labute approximate surface area is 112 Å². The van der Waals surface area contributed by atoms with E-state index in [4.69, 9.17) is 4.74 Å². The first-order valence-electron chi connectivity index (χ1n) is 6.10. The lowest BCUT2D eigenvalue weighted by Crippen LogP contribution is -2.34. The highest BCUT2D eigenvalue weighted by Gasteiger charge is 2.17. The topological polar surface area (TPSA) is 58.6 Å². The molecule has 0 radical (unpaired) electrons. The molecule has 1 aromatic rings. The highest BCUT2D eigenvalue weighted by molar-refractivity contribution is 5.67. The van der Waals surface area contributed by atoms with Crippen molar-refractivity contribution >= 4 is 6.09 Å². The molecule has 0 fully saturated rings. The van der Waals surface area contributed by atoms with Crippen molar-refractivity contribution in [3.8, 4) is 0 Å². The second kappa shape index (κ2) is 6.02. The average Bonchev–Trinajstić information content (AvgIpc) is 2.27. The number of carbonyl (C=O) groups excluding carboxylic acids is 1. The minimum absolute atomic E-state index is 0.0303. The van der Waals surface area contributed by atoms with Gasteiger partial charge in [0.15, 0.2) is 0 Å². The summed E-state index contributed by atoms with van der Waals surface area (Å²) in [5, 5.41) is 12.3. The monoisotopic (exact) mass is 269 g/mol. The van der Waals surface area contributed by atoms with E-state index in [1.807, 2.05) is 0 Å². The first-order chi connectivity index (χ1) is 8.69. The lowest BCUT2D eigenvalue weighted by Gasteiger charge is -2.20. The van der Waals surface area contributed by atoms with Crippen molar-refractivity contribution in [2.45, 2.75) is 39.4 Å². The van der Waals surface area contributed by atoms with Crippen molar-refractivity contribution in [3.05, 3.63) is 35.1 Å². The highest BCUT2D eigenvalue weighted by Crippen LogP contribution is 2.16. The Balaban J connectivity index is 2.53. The smallest absolute Gasteiger partial charge is 0.407 e. The summed E-state index contributed by atoms with van der Waals surface area (Å²) in [6.45, 7) is 6.86. The van der Waals surface area contributed by atoms with Crippen molar-refractivity contribution in [1.29, 1.82) is 0 Å². The lowest BCUT2D eigenvalue weighted by molar-refractivity contribution is 0.0491. The predicted octanol–water partition coefficient (Wildman–Crippen LogP) is 2.69. The van der Waals surface area contributed by atoms with Gasteiger partial charge in [-0.3, -0.25) is 0 Å². The van der Waals surface area contributed by atoms with Crippen molar-refractivity contribution in [3.63, 3.8) is 0 Å². The van der Waals surface area contributed by atoms with Gasteiger partial charge in [-0.2, -0.15) is 0 Å². The van der Waals surface area contributed by atoms with E-state index >= 15 is 0 Å². The van der Waals surface area contributed by atoms with Crippen LogP contribution in [0.5, 0.6) is 0 Å². The van der Waals surface area contributed by atoms with Gasteiger partial charge < -0.3 is 15.2 Å². The average molecular weight is 269 g/mol. The molecule has 4 nitrogen and oxygen atoms in total. The van der Waals surface area contributed by atoms with E-state index in [0.29, 0.717) is 11.1 Å². The molecule has 0 aliphatic heterocycles. The summed E-state index contributed by atoms with van der Waals surface area (Å²) < 4.78 is 18.4. The summed E-state index contributed by atoms with van der Waals surface area (Å²) in [5.74, 6) is -0.381. The molecule has 106 valence electrons. The Morgan fingerprint density at radius 1 is 1.47 bits per heavy atom. The number of hydrogen-bond acceptors (Lipinski definition) is 3. The number of aryl methyl sites for hydroxylation is 1. The van der Waals surface area contributed by atoms with Gasteiger partial charge in [0.1, 0.15) is 11.4 Å². The van der Waals surface area contributed by atoms with Crippen LogP contribution in [0.25, 0.3) is 0 Å². The molecule has 1 unspecified atom stereocenters. The molecule has 0 saturated heterocycles. The summed E-state index contributed by atoms with van der Waals surface area (Å²) in [7, 11) is 0. The van der Waals surface area contributed by atoms with E-state index in [0.717, 1.165) is 0 Å². The van der Waals surface area contributed by atoms with Crippen LogP contribution in [0.3, 0.4) is 0 Å². The molecule has 0 bridgehead atoms. The normalized spacial score (nSPS) is 12.9. The van der Waals surface area contributed by atoms with Crippen LogP contribution in [0.15, 0.2) is 18.2 Å². The second-order valence-corrected chi connectivity index (χ2v) is 5.41. The summed E-state index contributed by atoms with van der Waals surface area (Å²) in [6.07, 6.45) is -1.58. The van der Waals surface area contributed by atoms with Crippen molar-refractivity contribution < 1.29 is 19.0 Å². The standard InChI is InChI=1S/C14H20FNO3/c1-9-5-6-10(7-11(9)15)12(17)8-16-13(18)19-14(2,3)4/h5-7,12,17H,8H2,1-4H3,(H,16,18). The van der Waals surface area contributed by atoms with E-state index in [2.05, 4.69) is 5.32 Å². The molecule has 0 aliphatic carbocycles. The summed E-state index contributed by atoms with van der Waals surface area (Å²) >= 11 is 0. The molecule has 0 heterocycles. The third kappa shape index (κ3) is 5.26. The Morgan fingerprint density at radius 3 is 2.63 bits per heavy atom. The molecule has 1 rings (SSSR count). The third-order valence-electron chi connectivity index (χ3n) is 2.42. The fourth-order valence-electron chi connectivity index (χ4n) is 1.43. The Bertz CT molecular complexity index is 454. The molecule has 0 aliphatic rings. The van der Waals surface area contributed by atoms with Gasteiger partial charge in [-0.15, -0.1) is 0 Å². The van der Waals surface area contributed by atoms with Crippen LogP contribution in [-0.2, 0) is 4.74 Å². The fraction of sp³-hybridized carbons (Fsp3) is 0.500. The van der Waals surface area contributed by atoms with Gasteiger partial charge in [-0.25, -0.2) is 9.18 Å². The van der Waals surface area contributed by atoms with Crippen molar-refractivity contribution in [2.75, 3.05) is 6.54 Å². The molecule has 19 heavy (non-hydrogen) atoms. The quantitative estimate of drug-likeness (QED) is 0.887. The molecular weight excluding hydrogens is 249 g/mol. The van der Waals surface area contributed by atoms with Crippen LogP contribution in [0.1, 0.15) is 38.0 Å². The number of amides is 1. The zero-order chi connectivity index (χ0) is 14.6. The number of nitrogens with one attached hydrogen (secondary N) is 1. The van der Waals surface area contributed by atoms with Gasteiger partial charge >= 0.3 is 6.09 Å². The zero-order valence-electron chi connectivity index (χ0n) is 11.7. The molecule has 1 aromatic carbocycles. The van der Waals surface area contributed by atoms with E-state index in [9.17, 15) is 14.3 Å². The maximum atomic E-state index is 13.3. The van der Waals surface area contributed by atoms with Crippen LogP contribution in [0, 0.1) is 12.7 Å². The fourth-order valence-corrected chi connectivity index (χ4v) is 1.43.